The molecule has 3 rings (SSSR count). The Kier molecular flexibility index (Phi) is 1.90. The summed E-state index contributed by atoms with van der Waals surface area (Å²) in [6.07, 6.45) is 2.35. The largest absolute Gasteiger partial charge is 0.398 e. The third-order valence-electron chi connectivity index (χ3n) is 3.22. The van der Waals surface area contributed by atoms with Gasteiger partial charge >= 0.3 is 0 Å². The fourth-order valence-electron chi connectivity index (χ4n) is 2.04. The minimum Gasteiger partial charge on any atom is -0.398 e. The second-order valence-electron chi connectivity index (χ2n) is 4.48. The molecule has 2 nitrogen and oxygen atoms in total. The van der Waals surface area contributed by atoms with Crippen LogP contribution in [-0.4, -0.2) is 4.98 Å². The molecule has 2 aromatic rings. The lowest BCUT2D eigenvalue weighted by Crippen LogP contribution is -1.97. The Morgan fingerprint density at radius 2 is 2.12 bits per heavy atom. The normalized spacial score (nSPS) is 15.6. The molecule has 1 aliphatic rings. The molecular weight excluding hydrogens is 203 g/mol. The van der Waals surface area contributed by atoms with E-state index >= 15 is 0 Å². The zero-order valence-electron chi connectivity index (χ0n) is 9.13. The van der Waals surface area contributed by atoms with Gasteiger partial charge in [0, 0.05) is 28.2 Å². The molecular formula is C13H13FN2. The van der Waals surface area contributed by atoms with E-state index in [1.807, 2.05) is 6.07 Å². The van der Waals surface area contributed by atoms with E-state index in [9.17, 15) is 4.39 Å². The van der Waals surface area contributed by atoms with Crippen molar-refractivity contribution in [3.63, 3.8) is 0 Å². The fourth-order valence-corrected chi connectivity index (χ4v) is 2.04. The summed E-state index contributed by atoms with van der Waals surface area (Å²) in [7, 11) is 0. The number of hydrogen-bond donors (Lipinski definition) is 1. The van der Waals surface area contributed by atoms with Crippen molar-refractivity contribution in [3.05, 3.63) is 35.3 Å². The average molecular weight is 216 g/mol. The van der Waals surface area contributed by atoms with Crippen LogP contribution in [0.2, 0.25) is 0 Å². The fraction of sp³-hybridized carbons (Fsp3) is 0.308. The Morgan fingerprint density at radius 1 is 1.38 bits per heavy atom. The van der Waals surface area contributed by atoms with Crippen LogP contribution in [-0.2, 0) is 0 Å². The Balaban J connectivity index is 2.33. The van der Waals surface area contributed by atoms with Gasteiger partial charge in [-0.15, -0.1) is 0 Å². The molecule has 16 heavy (non-hydrogen) atoms. The number of nitrogens with zero attached hydrogens (tertiary/aromatic N) is 1. The number of anilines is 1. The number of aromatic nitrogens is 1. The van der Waals surface area contributed by atoms with E-state index in [0.717, 1.165) is 11.1 Å². The molecule has 0 aliphatic heterocycles. The van der Waals surface area contributed by atoms with Crippen molar-refractivity contribution >= 4 is 16.6 Å². The summed E-state index contributed by atoms with van der Waals surface area (Å²) in [4.78, 5) is 4.54. The van der Waals surface area contributed by atoms with E-state index in [4.69, 9.17) is 5.73 Å². The number of aryl methyl sites for hydroxylation is 1. The van der Waals surface area contributed by atoms with Crippen LogP contribution in [0.25, 0.3) is 10.9 Å². The van der Waals surface area contributed by atoms with Crippen molar-refractivity contribution in [2.45, 2.75) is 25.7 Å². The van der Waals surface area contributed by atoms with Gasteiger partial charge in [-0.3, -0.25) is 4.98 Å². The summed E-state index contributed by atoms with van der Waals surface area (Å²) in [5.74, 6) is 0.321. The second-order valence-corrected chi connectivity index (χ2v) is 4.48. The van der Waals surface area contributed by atoms with Crippen LogP contribution in [0, 0.1) is 12.7 Å². The standard InChI is InChI=1S/C13H13FN2/c1-7-10(14)5-4-9-11(15)6-12(8-2-3-8)16-13(7)9/h4-6,8H,2-3H2,1H3,(H2,15,16). The van der Waals surface area contributed by atoms with Gasteiger partial charge < -0.3 is 5.73 Å². The lowest BCUT2D eigenvalue weighted by molar-refractivity contribution is 0.620. The summed E-state index contributed by atoms with van der Waals surface area (Å²) in [6, 6.07) is 5.08. The van der Waals surface area contributed by atoms with Crippen molar-refractivity contribution in [1.29, 1.82) is 0 Å². The smallest absolute Gasteiger partial charge is 0.128 e. The van der Waals surface area contributed by atoms with Crippen LogP contribution >= 0.6 is 0 Å². The number of rotatable bonds is 1. The first-order valence-electron chi connectivity index (χ1n) is 5.52. The Hall–Kier alpha value is -1.64. The van der Waals surface area contributed by atoms with Crippen LogP contribution in [0.5, 0.6) is 0 Å². The quantitative estimate of drug-likeness (QED) is 0.795. The molecule has 1 heterocycles. The number of nitrogens with two attached hydrogens (primary N) is 1. The molecule has 0 radical (unpaired) electrons. The highest BCUT2D eigenvalue weighted by Crippen LogP contribution is 2.41. The molecule has 82 valence electrons. The van der Waals surface area contributed by atoms with Gasteiger partial charge in [0.15, 0.2) is 0 Å². The maximum absolute atomic E-state index is 13.4. The SMILES string of the molecule is Cc1c(F)ccc2c(N)cc(C3CC3)nc12. The predicted molar refractivity (Wildman–Crippen MR) is 62.8 cm³/mol. The molecule has 0 spiro atoms. The maximum Gasteiger partial charge on any atom is 0.128 e. The number of fused-ring (bicyclic) bond motifs is 1. The molecule has 3 heteroatoms. The minimum absolute atomic E-state index is 0.215. The summed E-state index contributed by atoms with van der Waals surface area (Å²) in [6.45, 7) is 1.75. The molecule has 1 aromatic heterocycles. The average Bonchev–Trinajstić information content (AvgIpc) is 3.07. The Labute approximate surface area is 93.3 Å². The lowest BCUT2D eigenvalue weighted by atomic mass is 10.1. The molecule has 2 N–H and O–H groups in total. The third kappa shape index (κ3) is 1.35. The molecule has 0 amide bonds. The molecule has 0 bridgehead atoms. The van der Waals surface area contributed by atoms with Crippen LogP contribution in [0.15, 0.2) is 18.2 Å². The highest BCUT2D eigenvalue weighted by atomic mass is 19.1. The van der Waals surface area contributed by atoms with Gasteiger partial charge in [0.25, 0.3) is 0 Å². The van der Waals surface area contributed by atoms with Crippen molar-refractivity contribution in [2.75, 3.05) is 5.73 Å². The molecule has 1 aromatic carbocycles. The molecule has 1 fully saturated rings. The Morgan fingerprint density at radius 3 is 2.81 bits per heavy atom. The zero-order valence-corrected chi connectivity index (χ0v) is 9.13. The van der Waals surface area contributed by atoms with E-state index in [2.05, 4.69) is 4.98 Å². The van der Waals surface area contributed by atoms with Gasteiger partial charge in [-0.2, -0.15) is 0 Å². The van der Waals surface area contributed by atoms with Gasteiger partial charge in [-0.25, -0.2) is 4.39 Å². The van der Waals surface area contributed by atoms with Gasteiger partial charge in [0.05, 0.1) is 5.52 Å². The molecule has 0 unspecified atom stereocenters. The topological polar surface area (TPSA) is 38.9 Å². The predicted octanol–water partition coefficient (Wildman–Crippen LogP) is 3.14. The van der Waals surface area contributed by atoms with Crippen molar-refractivity contribution < 1.29 is 4.39 Å². The first kappa shape index (κ1) is 9.58. The summed E-state index contributed by atoms with van der Waals surface area (Å²) >= 11 is 0. The number of nitrogen functional groups attached to an aromatic ring is 1. The number of pyridine rings is 1. The Bertz CT molecular complexity index is 574. The van der Waals surface area contributed by atoms with Gasteiger partial charge in [0.2, 0.25) is 0 Å². The van der Waals surface area contributed by atoms with E-state index in [1.165, 1.54) is 18.9 Å². The summed E-state index contributed by atoms with van der Waals surface area (Å²) < 4.78 is 13.4. The van der Waals surface area contributed by atoms with Crippen LogP contribution in [0.1, 0.15) is 30.0 Å². The second kappa shape index (κ2) is 3.17. The highest BCUT2D eigenvalue weighted by molar-refractivity contribution is 5.92. The van der Waals surface area contributed by atoms with Crippen molar-refractivity contribution in [2.24, 2.45) is 0 Å². The summed E-state index contributed by atoms with van der Waals surface area (Å²) in [5.41, 5.74) is 9.00. The molecule has 0 atom stereocenters. The number of benzene rings is 1. The number of hydrogen-bond acceptors (Lipinski definition) is 2. The zero-order chi connectivity index (χ0) is 11.3. The van der Waals surface area contributed by atoms with Crippen molar-refractivity contribution in [1.82, 2.24) is 4.98 Å². The lowest BCUT2D eigenvalue weighted by Gasteiger charge is -2.08. The van der Waals surface area contributed by atoms with Gasteiger partial charge in [0.1, 0.15) is 5.82 Å². The molecule has 1 saturated carbocycles. The molecule has 0 saturated heterocycles. The van der Waals surface area contributed by atoms with Gasteiger partial charge in [-0.05, 0) is 38.0 Å². The van der Waals surface area contributed by atoms with E-state index < -0.39 is 0 Å². The van der Waals surface area contributed by atoms with E-state index in [-0.39, 0.29) is 5.82 Å². The van der Waals surface area contributed by atoms with Gasteiger partial charge in [-0.1, -0.05) is 0 Å². The van der Waals surface area contributed by atoms with Crippen LogP contribution < -0.4 is 5.73 Å². The van der Waals surface area contributed by atoms with Crippen molar-refractivity contribution in [3.8, 4) is 0 Å². The summed E-state index contributed by atoms with van der Waals surface area (Å²) in [5, 5.41) is 0.850. The first-order chi connectivity index (χ1) is 7.66. The monoisotopic (exact) mass is 216 g/mol. The maximum atomic E-state index is 13.4. The van der Waals surface area contributed by atoms with Crippen LogP contribution in [0.3, 0.4) is 0 Å². The molecule has 1 aliphatic carbocycles. The minimum atomic E-state index is -0.215. The highest BCUT2D eigenvalue weighted by Gasteiger charge is 2.26. The van der Waals surface area contributed by atoms with E-state index in [1.54, 1.807) is 13.0 Å². The van der Waals surface area contributed by atoms with E-state index in [0.29, 0.717) is 22.7 Å². The van der Waals surface area contributed by atoms with Crippen LogP contribution in [0.4, 0.5) is 10.1 Å². The third-order valence-corrected chi connectivity index (χ3v) is 3.22. The number of halogens is 1. The first-order valence-corrected chi connectivity index (χ1v) is 5.52.